The normalized spacial score (nSPS) is 21.0. The van der Waals surface area contributed by atoms with Gasteiger partial charge in [-0.25, -0.2) is 19.4 Å². The fourth-order valence-corrected chi connectivity index (χ4v) is 9.19. The van der Waals surface area contributed by atoms with Crippen molar-refractivity contribution in [1.82, 2.24) is 25.0 Å². The number of fused-ring (bicyclic) bond motifs is 4. The molecule has 3 saturated carbocycles. The van der Waals surface area contributed by atoms with Crippen LogP contribution in [0.3, 0.4) is 0 Å². The van der Waals surface area contributed by atoms with Crippen LogP contribution >= 0.6 is 11.3 Å². The van der Waals surface area contributed by atoms with Gasteiger partial charge in [-0.2, -0.15) is 0 Å². The molecular formula is C37H39N7O3S. The van der Waals surface area contributed by atoms with Crippen molar-refractivity contribution in [2.24, 2.45) is 23.2 Å². The van der Waals surface area contributed by atoms with Crippen molar-refractivity contribution in [1.29, 1.82) is 0 Å². The van der Waals surface area contributed by atoms with Gasteiger partial charge in [-0.05, 0) is 97.2 Å². The molecule has 3 aliphatic carbocycles. The third-order valence-corrected chi connectivity index (χ3v) is 12.2. The van der Waals surface area contributed by atoms with E-state index in [1.165, 1.54) is 37.7 Å². The molecule has 0 unspecified atom stereocenters. The number of methoxy groups -OCH3 is 1. The summed E-state index contributed by atoms with van der Waals surface area (Å²) < 4.78 is 8.23. The molecule has 2 aromatic carbocycles. The molecule has 4 heterocycles. The lowest BCUT2D eigenvalue weighted by Gasteiger charge is -2.60. The van der Waals surface area contributed by atoms with Gasteiger partial charge in [0.25, 0.3) is 5.91 Å². The third kappa shape index (κ3) is 5.15. The van der Waals surface area contributed by atoms with Gasteiger partial charge in [0.1, 0.15) is 11.5 Å². The van der Waals surface area contributed by atoms with Gasteiger partial charge >= 0.3 is 5.97 Å². The van der Waals surface area contributed by atoms with Gasteiger partial charge in [-0.3, -0.25) is 10.1 Å². The van der Waals surface area contributed by atoms with Crippen molar-refractivity contribution in [2.45, 2.75) is 59.5 Å². The van der Waals surface area contributed by atoms with E-state index in [2.05, 4.69) is 45.4 Å². The number of para-hydroxylation sites is 1. The Morgan fingerprint density at radius 3 is 2.71 bits per heavy atom. The molecule has 3 aromatic heterocycles. The van der Waals surface area contributed by atoms with Crippen molar-refractivity contribution in [3.63, 3.8) is 0 Å². The van der Waals surface area contributed by atoms with Crippen LogP contribution < -0.4 is 10.2 Å². The molecule has 9 rings (SSSR count). The summed E-state index contributed by atoms with van der Waals surface area (Å²) in [7, 11) is 1.37. The maximum Gasteiger partial charge on any atom is 0.357 e. The number of pyridine rings is 1. The summed E-state index contributed by atoms with van der Waals surface area (Å²) in [5.41, 5.74) is 6.31. The van der Waals surface area contributed by atoms with Crippen LogP contribution in [0.5, 0.6) is 0 Å². The molecule has 11 heteroatoms. The van der Waals surface area contributed by atoms with Gasteiger partial charge in [0.15, 0.2) is 10.8 Å². The summed E-state index contributed by atoms with van der Waals surface area (Å²) in [5.74, 6) is 2.06. The van der Waals surface area contributed by atoms with E-state index in [-0.39, 0.29) is 11.6 Å². The zero-order chi connectivity index (χ0) is 33.2. The van der Waals surface area contributed by atoms with Gasteiger partial charge in [-0.15, -0.1) is 5.10 Å². The average Bonchev–Trinajstić information content (AvgIpc) is 3.69. The number of nitrogens with zero attached hydrogens (tertiary/aromatic N) is 6. The van der Waals surface area contributed by atoms with Gasteiger partial charge in [0, 0.05) is 30.8 Å². The largest absolute Gasteiger partial charge is 0.464 e. The lowest BCUT2D eigenvalue weighted by Crippen LogP contribution is -2.53. The quantitative estimate of drug-likeness (QED) is 0.187. The molecule has 3 atom stereocenters. The van der Waals surface area contributed by atoms with E-state index in [9.17, 15) is 9.59 Å². The third-order valence-electron chi connectivity index (χ3n) is 11.3. The predicted molar refractivity (Wildman–Crippen MR) is 186 cm³/mol. The highest BCUT2D eigenvalue weighted by Crippen LogP contribution is 2.61. The Hall–Kier alpha value is -4.64. The Balaban J connectivity index is 1.05. The summed E-state index contributed by atoms with van der Waals surface area (Å²) in [6.07, 6.45) is 4.55. The smallest absolute Gasteiger partial charge is 0.357 e. The van der Waals surface area contributed by atoms with Crippen LogP contribution in [-0.2, 0) is 24.2 Å². The average molecular weight is 662 g/mol. The van der Waals surface area contributed by atoms with Crippen LogP contribution in [0.15, 0.2) is 54.6 Å². The fourth-order valence-electron chi connectivity index (χ4n) is 8.33. The van der Waals surface area contributed by atoms with Crippen LogP contribution in [-0.4, -0.2) is 50.5 Å². The van der Waals surface area contributed by atoms with E-state index in [1.54, 1.807) is 0 Å². The molecule has 1 aliphatic heterocycles. The Morgan fingerprint density at radius 2 is 1.92 bits per heavy atom. The molecule has 5 aromatic rings. The van der Waals surface area contributed by atoms with Crippen LogP contribution in [0.25, 0.3) is 21.5 Å². The molecule has 0 radical (unpaired) electrons. The van der Waals surface area contributed by atoms with E-state index in [0.29, 0.717) is 58.1 Å². The van der Waals surface area contributed by atoms with Gasteiger partial charge < -0.3 is 9.64 Å². The Bertz CT molecular complexity index is 2030. The number of amides is 1. The SMILES string of the molecule is COC(=O)c1nc(N2CCc3cccc(C(=O)Nc4nc5ccccc5s4)c3C2)ccc1-c1nnn(C[C@@H]2CC[C@H]3C[C@H]2C3(C)C)c1C. The summed E-state index contributed by atoms with van der Waals surface area (Å²) in [6, 6.07) is 17.5. The van der Waals surface area contributed by atoms with Crippen LogP contribution in [0, 0.1) is 30.1 Å². The number of anilines is 2. The molecule has 1 N–H and O–H groups in total. The molecule has 0 spiro atoms. The van der Waals surface area contributed by atoms with E-state index >= 15 is 0 Å². The Morgan fingerprint density at radius 1 is 1.06 bits per heavy atom. The van der Waals surface area contributed by atoms with E-state index in [1.807, 2.05) is 60.1 Å². The molecule has 246 valence electrons. The molecule has 48 heavy (non-hydrogen) atoms. The summed E-state index contributed by atoms with van der Waals surface area (Å²) in [5, 5.41) is 12.7. The second kappa shape index (κ2) is 11.8. The maximum absolute atomic E-state index is 13.5. The topological polar surface area (TPSA) is 115 Å². The number of nitrogens with one attached hydrogen (secondary N) is 1. The van der Waals surface area contributed by atoms with E-state index in [0.717, 1.165) is 45.9 Å². The van der Waals surface area contributed by atoms with Crippen LogP contribution in [0.2, 0.25) is 0 Å². The summed E-state index contributed by atoms with van der Waals surface area (Å²) in [4.78, 5) is 38.2. The first-order valence-corrected chi connectivity index (χ1v) is 17.6. The Labute approximate surface area is 283 Å². The number of carbonyl (C=O) groups is 2. The van der Waals surface area contributed by atoms with Crippen LogP contribution in [0.1, 0.15) is 70.8 Å². The minimum atomic E-state index is -0.524. The van der Waals surface area contributed by atoms with Crippen molar-refractivity contribution in [3.05, 3.63) is 82.7 Å². The van der Waals surface area contributed by atoms with E-state index < -0.39 is 5.97 Å². The first kappa shape index (κ1) is 30.7. The Kier molecular flexibility index (Phi) is 7.54. The molecule has 3 fully saturated rings. The number of aromatic nitrogens is 5. The highest BCUT2D eigenvalue weighted by atomic mass is 32.1. The zero-order valence-electron chi connectivity index (χ0n) is 27.7. The molecule has 2 bridgehead atoms. The number of benzene rings is 2. The van der Waals surface area contributed by atoms with Crippen molar-refractivity contribution in [2.75, 3.05) is 23.9 Å². The fraction of sp³-hybridized carbons (Fsp3) is 0.405. The highest BCUT2D eigenvalue weighted by Gasteiger charge is 2.54. The monoisotopic (exact) mass is 661 g/mol. The number of ether oxygens (including phenoxy) is 1. The predicted octanol–water partition coefficient (Wildman–Crippen LogP) is 6.93. The van der Waals surface area contributed by atoms with Gasteiger partial charge in [0.05, 0.1) is 23.0 Å². The summed E-state index contributed by atoms with van der Waals surface area (Å²) >= 11 is 1.46. The van der Waals surface area contributed by atoms with Crippen molar-refractivity contribution < 1.29 is 14.3 Å². The molecular weight excluding hydrogens is 623 g/mol. The first-order chi connectivity index (χ1) is 23.2. The van der Waals surface area contributed by atoms with Crippen molar-refractivity contribution in [3.8, 4) is 11.3 Å². The standard InChI is InChI=1S/C37H39N7O3S/c1-21-32(41-42-44(21)19-23-12-13-24-18-28(23)37(24,2)3)26-14-15-31(39-33(26)35(46)47-4)43-17-16-22-8-7-9-25(27(22)20-43)34(45)40-36-38-29-10-5-6-11-30(29)48-36/h5-11,14-15,23-24,28H,12-13,16-20H2,1-4H3,(H,38,40,45)/t23-,24-,28+/m0/s1. The molecule has 10 nitrogen and oxygen atoms in total. The highest BCUT2D eigenvalue weighted by molar-refractivity contribution is 7.22. The number of carbonyl (C=O) groups excluding carboxylic acids is 2. The number of esters is 1. The number of rotatable bonds is 7. The second-order valence-electron chi connectivity index (χ2n) is 14.0. The van der Waals surface area contributed by atoms with Crippen LogP contribution in [0.4, 0.5) is 10.9 Å². The number of hydrogen-bond acceptors (Lipinski definition) is 9. The first-order valence-electron chi connectivity index (χ1n) is 16.7. The zero-order valence-corrected chi connectivity index (χ0v) is 28.5. The maximum atomic E-state index is 13.5. The van der Waals surface area contributed by atoms with Gasteiger partial charge in [0.2, 0.25) is 0 Å². The lowest BCUT2D eigenvalue weighted by molar-refractivity contribution is -0.109. The van der Waals surface area contributed by atoms with Crippen molar-refractivity contribution >= 4 is 44.4 Å². The minimum absolute atomic E-state index is 0.196. The minimum Gasteiger partial charge on any atom is -0.464 e. The number of thiazole rings is 1. The molecule has 0 saturated heterocycles. The van der Waals surface area contributed by atoms with E-state index in [4.69, 9.17) is 9.72 Å². The lowest BCUT2D eigenvalue weighted by atomic mass is 9.45. The van der Waals surface area contributed by atoms with Gasteiger partial charge in [-0.1, -0.05) is 54.7 Å². The summed E-state index contributed by atoms with van der Waals surface area (Å²) in [6.45, 7) is 8.84. The second-order valence-corrected chi connectivity index (χ2v) is 15.0. The molecule has 1 amide bonds. The number of hydrogen-bond donors (Lipinski definition) is 1. The molecule has 4 aliphatic rings.